The minimum absolute atomic E-state index is 0.0119. The SMILES string of the molecule is O=C(O)/C=C/CN1CCOCC1CO. The third-order valence-electron chi connectivity index (χ3n) is 2.16. The highest BCUT2D eigenvalue weighted by Gasteiger charge is 2.20. The Kier molecular flexibility index (Phi) is 4.58. The molecule has 2 N–H and O–H groups in total. The van der Waals surface area contributed by atoms with Gasteiger partial charge in [-0.3, -0.25) is 4.90 Å². The van der Waals surface area contributed by atoms with Crippen LogP contribution in [0.1, 0.15) is 0 Å². The van der Waals surface area contributed by atoms with Crippen molar-refractivity contribution in [3.05, 3.63) is 12.2 Å². The van der Waals surface area contributed by atoms with E-state index in [1.54, 1.807) is 6.08 Å². The van der Waals surface area contributed by atoms with E-state index < -0.39 is 5.97 Å². The first-order valence-corrected chi connectivity index (χ1v) is 4.56. The summed E-state index contributed by atoms with van der Waals surface area (Å²) in [5.74, 6) is -0.946. The zero-order valence-corrected chi connectivity index (χ0v) is 7.93. The number of rotatable bonds is 4. The van der Waals surface area contributed by atoms with Crippen LogP contribution < -0.4 is 0 Å². The maximum atomic E-state index is 10.2. The molecule has 1 rings (SSSR count). The summed E-state index contributed by atoms with van der Waals surface area (Å²) in [6.45, 7) is 2.46. The van der Waals surface area contributed by atoms with Gasteiger partial charge in [0.15, 0.2) is 0 Å². The summed E-state index contributed by atoms with van der Waals surface area (Å²) in [4.78, 5) is 12.2. The molecule has 1 saturated heterocycles. The van der Waals surface area contributed by atoms with Gasteiger partial charge >= 0.3 is 5.97 Å². The summed E-state index contributed by atoms with van der Waals surface area (Å²) in [5.41, 5.74) is 0. The molecule has 0 aromatic rings. The highest BCUT2D eigenvalue weighted by atomic mass is 16.5. The van der Waals surface area contributed by atoms with Crippen LogP contribution in [0.15, 0.2) is 12.2 Å². The molecule has 0 aromatic heterocycles. The Balaban J connectivity index is 2.36. The highest BCUT2D eigenvalue weighted by molar-refractivity contribution is 5.79. The Hall–Kier alpha value is -0.910. The standard InChI is InChI=1S/C9H15NO4/c11-6-8-7-14-5-4-10(8)3-1-2-9(12)13/h1-2,8,11H,3-7H2,(H,12,13)/b2-1+. The quantitative estimate of drug-likeness (QED) is 0.590. The van der Waals surface area contributed by atoms with E-state index in [-0.39, 0.29) is 12.6 Å². The van der Waals surface area contributed by atoms with Gasteiger partial charge in [-0.15, -0.1) is 0 Å². The molecule has 5 nitrogen and oxygen atoms in total. The van der Waals surface area contributed by atoms with Gasteiger partial charge < -0.3 is 14.9 Å². The molecule has 0 spiro atoms. The normalized spacial score (nSPS) is 24.2. The van der Waals surface area contributed by atoms with Crippen LogP contribution in [-0.4, -0.2) is 60.0 Å². The summed E-state index contributed by atoms with van der Waals surface area (Å²) < 4.78 is 5.19. The van der Waals surface area contributed by atoms with E-state index in [9.17, 15) is 4.79 Å². The molecule has 1 atom stereocenters. The fourth-order valence-corrected chi connectivity index (χ4v) is 1.39. The van der Waals surface area contributed by atoms with Gasteiger partial charge in [-0.2, -0.15) is 0 Å². The number of carboxylic acid groups (broad SMARTS) is 1. The lowest BCUT2D eigenvalue weighted by Gasteiger charge is -2.33. The Bertz CT molecular complexity index is 217. The first-order valence-electron chi connectivity index (χ1n) is 4.56. The third-order valence-corrected chi connectivity index (χ3v) is 2.16. The van der Waals surface area contributed by atoms with E-state index in [1.165, 1.54) is 0 Å². The van der Waals surface area contributed by atoms with E-state index in [1.807, 2.05) is 4.90 Å². The van der Waals surface area contributed by atoms with Crippen LogP contribution in [-0.2, 0) is 9.53 Å². The number of hydrogen-bond donors (Lipinski definition) is 2. The van der Waals surface area contributed by atoms with E-state index >= 15 is 0 Å². The molecule has 0 aromatic carbocycles. The van der Waals surface area contributed by atoms with Gasteiger partial charge in [-0.05, 0) is 0 Å². The molecule has 1 fully saturated rings. The molecule has 0 bridgehead atoms. The summed E-state index contributed by atoms with van der Waals surface area (Å²) >= 11 is 0. The molecule has 1 unspecified atom stereocenters. The lowest BCUT2D eigenvalue weighted by atomic mass is 10.2. The molecule has 0 saturated carbocycles. The predicted molar refractivity (Wildman–Crippen MR) is 50.0 cm³/mol. The second kappa shape index (κ2) is 5.74. The average Bonchev–Trinajstić information content (AvgIpc) is 2.18. The van der Waals surface area contributed by atoms with Crippen LogP contribution in [0.4, 0.5) is 0 Å². The van der Waals surface area contributed by atoms with Gasteiger partial charge in [-0.1, -0.05) is 6.08 Å². The molecule has 5 heteroatoms. The summed E-state index contributed by atoms with van der Waals surface area (Å²) in [6, 6.07) is -0.0119. The molecule has 0 amide bonds. The number of aliphatic hydroxyl groups is 1. The summed E-state index contributed by atoms with van der Waals surface area (Å²) in [7, 11) is 0. The van der Waals surface area contributed by atoms with E-state index in [4.69, 9.17) is 14.9 Å². The van der Waals surface area contributed by atoms with Crippen molar-refractivity contribution in [1.29, 1.82) is 0 Å². The van der Waals surface area contributed by atoms with Crippen molar-refractivity contribution in [2.24, 2.45) is 0 Å². The van der Waals surface area contributed by atoms with Crippen molar-refractivity contribution >= 4 is 5.97 Å². The Labute approximate surface area is 82.6 Å². The number of nitrogens with zero attached hydrogens (tertiary/aromatic N) is 1. The molecular weight excluding hydrogens is 186 g/mol. The predicted octanol–water partition coefficient (Wildman–Crippen LogP) is -0.680. The number of morpholine rings is 1. The van der Waals surface area contributed by atoms with Crippen LogP contribution in [0.3, 0.4) is 0 Å². The summed E-state index contributed by atoms with van der Waals surface area (Å²) in [5, 5.41) is 17.4. The first-order chi connectivity index (χ1) is 6.74. The maximum Gasteiger partial charge on any atom is 0.328 e. The molecule has 1 heterocycles. The van der Waals surface area contributed by atoms with Crippen LogP contribution in [0, 0.1) is 0 Å². The number of carboxylic acids is 1. The molecule has 0 radical (unpaired) electrons. The van der Waals surface area contributed by atoms with Crippen molar-refractivity contribution < 1.29 is 19.7 Å². The number of aliphatic carboxylic acids is 1. The van der Waals surface area contributed by atoms with Crippen molar-refractivity contribution in [2.45, 2.75) is 6.04 Å². The smallest absolute Gasteiger partial charge is 0.328 e. The van der Waals surface area contributed by atoms with Crippen LogP contribution in [0.2, 0.25) is 0 Å². The molecule has 80 valence electrons. The van der Waals surface area contributed by atoms with E-state index in [2.05, 4.69) is 0 Å². The van der Waals surface area contributed by atoms with Gasteiger partial charge in [-0.25, -0.2) is 4.79 Å². The highest BCUT2D eigenvalue weighted by Crippen LogP contribution is 2.05. The molecular formula is C9H15NO4. The molecule has 1 aliphatic rings. The number of hydrogen-bond acceptors (Lipinski definition) is 4. The third kappa shape index (κ3) is 3.45. The van der Waals surface area contributed by atoms with Crippen LogP contribution in [0.25, 0.3) is 0 Å². The van der Waals surface area contributed by atoms with Gasteiger partial charge in [0, 0.05) is 19.2 Å². The second-order valence-electron chi connectivity index (χ2n) is 3.15. The number of aliphatic hydroxyl groups excluding tert-OH is 1. The monoisotopic (exact) mass is 201 g/mol. The van der Waals surface area contributed by atoms with Crippen molar-refractivity contribution in [3.8, 4) is 0 Å². The number of ether oxygens (including phenoxy) is 1. The Morgan fingerprint density at radius 2 is 2.43 bits per heavy atom. The van der Waals surface area contributed by atoms with Gasteiger partial charge in [0.2, 0.25) is 0 Å². The van der Waals surface area contributed by atoms with Gasteiger partial charge in [0.05, 0.1) is 25.9 Å². The fraction of sp³-hybridized carbons (Fsp3) is 0.667. The van der Waals surface area contributed by atoms with E-state index in [0.717, 1.165) is 12.6 Å². The minimum atomic E-state index is -0.946. The maximum absolute atomic E-state index is 10.2. The Morgan fingerprint density at radius 3 is 3.07 bits per heavy atom. The first kappa shape index (κ1) is 11.2. The zero-order valence-electron chi connectivity index (χ0n) is 7.93. The summed E-state index contributed by atoms with van der Waals surface area (Å²) in [6.07, 6.45) is 2.69. The lowest BCUT2D eigenvalue weighted by Crippen LogP contribution is -2.47. The number of carbonyl (C=O) groups is 1. The van der Waals surface area contributed by atoms with Gasteiger partial charge in [0.1, 0.15) is 0 Å². The second-order valence-corrected chi connectivity index (χ2v) is 3.15. The van der Waals surface area contributed by atoms with E-state index in [0.29, 0.717) is 19.8 Å². The van der Waals surface area contributed by atoms with Crippen LogP contribution in [0.5, 0.6) is 0 Å². The molecule has 1 aliphatic heterocycles. The average molecular weight is 201 g/mol. The zero-order chi connectivity index (χ0) is 10.4. The molecule has 14 heavy (non-hydrogen) atoms. The van der Waals surface area contributed by atoms with Gasteiger partial charge in [0.25, 0.3) is 0 Å². The Morgan fingerprint density at radius 1 is 1.64 bits per heavy atom. The lowest BCUT2D eigenvalue weighted by molar-refractivity contribution is -0.131. The fourth-order valence-electron chi connectivity index (χ4n) is 1.39. The van der Waals surface area contributed by atoms with Crippen molar-refractivity contribution in [3.63, 3.8) is 0 Å². The topological polar surface area (TPSA) is 70.0 Å². The largest absolute Gasteiger partial charge is 0.478 e. The van der Waals surface area contributed by atoms with Crippen molar-refractivity contribution in [1.82, 2.24) is 4.90 Å². The van der Waals surface area contributed by atoms with Crippen molar-refractivity contribution in [2.75, 3.05) is 32.9 Å². The molecule has 0 aliphatic carbocycles. The minimum Gasteiger partial charge on any atom is -0.478 e. The van der Waals surface area contributed by atoms with Crippen LogP contribution >= 0.6 is 0 Å².